The molecule has 0 bridgehead atoms. The van der Waals surface area contributed by atoms with Gasteiger partial charge in [0.1, 0.15) is 12.3 Å². The van der Waals surface area contributed by atoms with Crippen LogP contribution in [-0.4, -0.2) is 13.1 Å². The number of nitrogens with zero attached hydrogens (tertiary/aromatic N) is 1. The van der Waals surface area contributed by atoms with Crippen molar-refractivity contribution in [2.45, 2.75) is 0 Å². The highest BCUT2D eigenvalue weighted by Crippen LogP contribution is 2.06. The second-order valence-electron chi connectivity index (χ2n) is 1.80. The van der Waals surface area contributed by atoms with Gasteiger partial charge >= 0.3 is 5.97 Å². The fourth-order valence-corrected chi connectivity index (χ4v) is 0.603. The molecule has 0 aliphatic rings. The van der Waals surface area contributed by atoms with Gasteiger partial charge in [-0.25, -0.2) is 4.79 Å². The van der Waals surface area contributed by atoms with Crippen LogP contribution in [0.2, 0.25) is 0 Å². The molecular formula is C7H5NO3. The number of carbonyl (C=O) groups excluding carboxylic acids is 1. The van der Waals surface area contributed by atoms with Crippen molar-refractivity contribution in [1.82, 2.24) is 0 Å². The van der Waals surface area contributed by atoms with Gasteiger partial charge in [0.2, 0.25) is 5.76 Å². The average molecular weight is 151 g/mol. The number of furan rings is 1. The van der Waals surface area contributed by atoms with Crippen LogP contribution in [0, 0.1) is 11.3 Å². The lowest BCUT2D eigenvalue weighted by atomic mass is 10.3. The highest BCUT2D eigenvalue weighted by Gasteiger charge is 2.09. The first kappa shape index (κ1) is 7.35. The normalized spacial score (nSPS) is 8.73. The van der Waals surface area contributed by atoms with Crippen LogP contribution in [0.15, 0.2) is 16.7 Å². The van der Waals surface area contributed by atoms with Crippen molar-refractivity contribution >= 4 is 5.97 Å². The Hall–Kier alpha value is -1.76. The molecule has 1 heterocycles. The van der Waals surface area contributed by atoms with E-state index in [2.05, 4.69) is 4.74 Å². The SMILES string of the molecule is COC(=O)c1cc(C#N)co1. The standard InChI is InChI=1S/C7H5NO3/c1-10-7(9)6-2-5(3-8)4-11-6/h2,4H,1H3. The highest BCUT2D eigenvalue weighted by molar-refractivity contribution is 5.86. The van der Waals surface area contributed by atoms with Gasteiger partial charge in [-0.2, -0.15) is 5.26 Å². The van der Waals surface area contributed by atoms with Crippen LogP contribution in [-0.2, 0) is 4.74 Å². The second-order valence-corrected chi connectivity index (χ2v) is 1.80. The molecule has 0 saturated heterocycles. The summed E-state index contributed by atoms with van der Waals surface area (Å²) in [5, 5.41) is 8.34. The number of methoxy groups -OCH3 is 1. The molecular weight excluding hydrogens is 146 g/mol. The Morgan fingerprint density at radius 1 is 1.82 bits per heavy atom. The maximum Gasteiger partial charge on any atom is 0.373 e. The van der Waals surface area contributed by atoms with E-state index in [-0.39, 0.29) is 5.76 Å². The summed E-state index contributed by atoms with van der Waals surface area (Å²) in [6.45, 7) is 0. The number of rotatable bonds is 1. The van der Waals surface area contributed by atoms with E-state index < -0.39 is 5.97 Å². The molecule has 0 radical (unpaired) electrons. The van der Waals surface area contributed by atoms with Gasteiger partial charge in [-0.3, -0.25) is 0 Å². The summed E-state index contributed by atoms with van der Waals surface area (Å²) in [6.07, 6.45) is 1.20. The molecule has 1 aromatic heterocycles. The van der Waals surface area contributed by atoms with Gasteiger partial charge in [-0.15, -0.1) is 0 Å². The lowest BCUT2D eigenvalue weighted by molar-refractivity contribution is 0.0565. The van der Waals surface area contributed by atoms with Crippen LogP contribution in [0.1, 0.15) is 16.1 Å². The Bertz CT molecular complexity index is 308. The van der Waals surface area contributed by atoms with Gasteiger partial charge in [0.15, 0.2) is 0 Å². The maximum absolute atomic E-state index is 10.7. The van der Waals surface area contributed by atoms with Crippen molar-refractivity contribution in [3.8, 4) is 6.07 Å². The molecule has 56 valence electrons. The smallest absolute Gasteiger partial charge is 0.373 e. The molecule has 1 aromatic rings. The lowest BCUT2D eigenvalue weighted by Crippen LogP contribution is -1.98. The van der Waals surface area contributed by atoms with Crippen LogP contribution >= 0.6 is 0 Å². The molecule has 0 fully saturated rings. The van der Waals surface area contributed by atoms with Gasteiger partial charge in [0.25, 0.3) is 0 Å². The molecule has 0 amide bonds. The molecule has 0 saturated carbocycles. The van der Waals surface area contributed by atoms with Crippen LogP contribution in [0.5, 0.6) is 0 Å². The van der Waals surface area contributed by atoms with Gasteiger partial charge in [-0.05, 0) is 0 Å². The van der Waals surface area contributed by atoms with Crippen LogP contribution in [0.4, 0.5) is 0 Å². The third-order valence-electron chi connectivity index (χ3n) is 1.12. The van der Waals surface area contributed by atoms with Crippen LogP contribution in [0.25, 0.3) is 0 Å². The summed E-state index contributed by atoms with van der Waals surface area (Å²) >= 11 is 0. The van der Waals surface area contributed by atoms with E-state index in [1.54, 1.807) is 0 Å². The zero-order valence-corrected chi connectivity index (χ0v) is 5.83. The molecule has 0 aliphatic carbocycles. The Kier molecular flexibility index (Phi) is 1.93. The van der Waals surface area contributed by atoms with E-state index in [4.69, 9.17) is 9.68 Å². The number of ether oxygens (including phenoxy) is 1. The first-order valence-electron chi connectivity index (χ1n) is 2.85. The van der Waals surface area contributed by atoms with Gasteiger partial charge < -0.3 is 9.15 Å². The fraction of sp³-hybridized carbons (Fsp3) is 0.143. The Morgan fingerprint density at radius 2 is 2.55 bits per heavy atom. The molecule has 4 nitrogen and oxygen atoms in total. The Balaban J connectivity index is 2.91. The predicted molar refractivity (Wildman–Crippen MR) is 34.8 cm³/mol. The summed E-state index contributed by atoms with van der Waals surface area (Å²) in [7, 11) is 1.25. The van der Waals surface area contributed by atoms with Crippen molar-refractivity contribution in [2.75, 3.05) is 7.11 Å². The van der Waals surface area contributed by atoms with Crippen LogP contribution < -0.4 is 0 Å². The van der Waals surface area contributed by atoms with Gasteiger partial charge in [-0.1, -0.05) is 0 Å². The molecule has 11 heavy (non-hydrogen) atoms. The first-order chi connectivity index (χ1) is 5.27. The van der Waals surface area contributed by atoms with Crippen LogP contribution in [0.3, 0.4) is 0 Å². The number of esters is 1. The largest absolute Gasteiger partial charge is 0.463 e. The summed E-state index contributed by atoms with van der Waals surface area (Å²) in [4.78, 5) is 10.7. The van der Waals surface area contributed by atoms with E-state index in [0.717, 1.165) is 0 Å². The zero-order valence-electron chi connectivity index (χ0n) is 5.83. The lowest BCUT2D eigenvalue weighted by Gasteiger charge is -1.89. The number of carbonyl (C=O) groups is 1. The van der Waals surface area contributed by atoms with E-state index >= 15 is 0 Å². The quantitative estimate of drug-likeness (QED) is 0.560. The Morgan fingerprint density at radius 3 is 3.00 bits per heavy atom. The van der Waals surface area contributed by atoms with E-state index in [0.29, 0.717) is 5.56 Å². The summed E-state index contributed by atoms with van der Waals surface area (Å²) in [5.74, 6) is -0.532. The maximum atomic E-state index is 10.7. The molecule has 4 heteroatoms. The first-order valence-corrected chi connectivity index (χ1v) is 2.85. The number of hydrogen-bond donors (Lipinski definition) is 0. The van der Waals surface area contributed by atoms with Gasteiger partial charge in [0, 0.05) is 6.07 Å². The third kappa shape index (κ3) is 1.38. The molecule has 0 unspecified atom stereocenters. The predicted octanol–water partition coefficient (Wildman–Crippen LogP) is 0.938. The molecule has 0 aromatic carbocycles. The van der Waals surface area contributed by atoms with Crippen molar-refractivity contribution in [3.05, 3.63) is 23.7 Å². The number of nitriles is 1. The van der Waals surface area contributed by atoms with E-state index in [9.17, 15) is 4.79 Å². The highest BCUT2D eigenvalue weighted by atomic mass is 16.5. The fourth-order valence-electron chi connectivity index (χ4n) is 0.603. The molecule has 0 spiro atoms. The molecule has 1 rings (SSSR count). The Labute approximate surface area is 63.0 Å². The van der Waals surface area contributed by atoms with Gasteiger partial charge in [0.05, 0.1) is 12.7 Å². The van der Waals surface area contributed by atoms with Crippen molar-refractivity contribution < 1.29 is 13.9 Å². The summed E-state index contributed by atoms with van der Waals surface area (Å²) < 4.78 is 9.06. The minimum Gasteiger partial charge on any atom is -0.463 e. The van der Waals surface area contributed by atoms with E-state index in [1.807, 2.05) is 6.07 Å². The minimum atomic E-state index is -0.577. The molecule has 0 atom stereocenters. The van der Waals surface area contributed by atoms with E-state index in [1.165, 1.54) is 19.4 Å². The zero-order chi connectivity index (χ0) is 8.27. The minimum absolute atomic E-state index is 0.0454. The topological polar surface area (TPSA) is 63.2 Å². The summed E-state index contributed by atoms with van der Waals surface area (Å²) in [5.41, 5.74) is 0.311. The second kappa shape index (κ2) is 2.88. The number of hydrogen-bond acceptors (Lipinski definition) is 4. The van der Waals surface area contributed by atoms with Crippen molar-refractivity contribution in [1.29, 1.82) is 5.26 Å². The van der Waals surface area contributed by atoms with Crippen molar-refractivity contribution in [2.24, 2.45) is 0 Å². The molecule has 0 N–H and O–H groups in total. The van der Waals surface area contributed by atoms with Crippen molar-refractivity contribution in [3.63, 3.8) is 0 Å². The average Bonchev–Trinajstić information content (AvgIpc) is 2.50. The third-order valence-corrected chi connectivity index (χ3v) is 1.12. The monoisotopic (exact) mass is 151 g/mol. The molecule has 0 aliphatic heterocycles. The summed E-state index contributed by atoms with van der Waals surface area (Å²) in [6, 6.07) is 3.15.